The molecule has 0 amide bonds. The second-order valence-corrected chi connectivity index (χ2v) is 6.47. The summed E-state index contributed by atoms with van der Waals surface area (Å²) >= 11 is 1.39. The van der Waals surface area contributed by atoms with Gasteiger partial charge in [-0.3, -0.25) is 0 Å². The van der Waals surface area contributed by atoms with E-state index in [1.807, 2.05) is 18.2 Å². The number of thiazole rings is 1. The van der Waals surface area contributed by atoms with Crippen LogP contribution in [0.5, 0.6) is 5.75 Å². The largest absolute Gasteiger partial charge is 0.489 e. The van der Waals surface area contributed by atoms with Crippen molar-refractivity contribution in [2.24, 2.45) is 0 Å². The van der Waals surface area contributed by atoms with Gasteiger partial charge in [0.15, 0.2) is 5.01 Å². The minimum absolute atomic E-state index is 0.488. The lowest BCUT2D eigenvalue weighted by atomic mass is 10.1. The lowest BCUT2D eigenvalue weighted by molar-refractivity contribution is 0.362. The standard InChI is InChI=1S/C18H20N2OS/c1-13(2)5-4-6-14(3)9-10-21-15-7-8-16-17(11-15)22-18(12-19)20-16/h5,7-9,11H,4,6,10H2,1-3H3/b14-9+. The molecule has 114 valence electrons. The Morgan fingerprint density at radius 2 is 2.14 bits per heavy atom. The highest BCUT2D eigenvalue weighted by atomic mass is 32.1. The Kier molecular flexibility index (Phi) is 5.74. The van der Waals surface area contributed by atoms with Crippen molar-refractivity contribution in [1.82, 2.24) is 4.98 Å². The Hall–Kier alpha value is -2.12. The summed E-state index contributed by atoms with van der Waals surface area (Å²) in [6, 6.07) is 7.81. The van der Waals surface area contributed by atoms with E-state index in [0.717, 1.165) is 28.8 Å². The predicted octanol–water partition coefficient (Wildman–Crippen LogP) is 5.24. The zero-order valence-electron chi connectivity index (χ0n) is 13.2. The fraction of sp³-hybridized carbons (Fsp3) is 0.333. The molecule has 2 aromatic rings. The summed E-state index contributed by atoms with van der Waals surface area (Å²) in [7, 11) is 0. The highest BCUT2D eigenvalue weighted by molar-refractivity contribution is 7.19. The molecular weight excluding hydrogens is 292 g/mol. The molecule has 0 saturated carbocycles. The molecular formula is C18H20N2OS. The van der Waals surface area contributed by atoms with Crippen LogP contribution in [0.1, 0.15) is 38.6 Å². The molecule has 0 aliphatic heterocycles. The van der Waals surface area contributed by atoms with Crippen LogP contribution in [0.3, 0.4) is 0 Å². The van der Waals surface area contributed by atoms with E-state index in [1.165, 1.54) is 22.5 Å². The van der Waals surface area contributed by atoms with Crippen molar-refractivity contribution in [2.45, 2.75) is 33.6 Å². The molecule has 0 aliphatic rings. The molecule has 0 atom stereocenters. The van der Waals surface area contributed by atoms with Crippen molar-refractivity contribution in [1.29, 1.82) is 5.26 Å². The van der Waals surface area contributed by atoms with Gasteiger partial charge in [-0.05, 0) is 57.9 Å². The van der Waals surface area contributed by atoms with Gasteiger partial charge in [0, 0.05) is 0 Å². The molecule has 0 spiro atoms. The van der Waals surface area contributed by atoms with Crippen molar-refractivity contribution < 1.29 is 4.74 Å². The van der Waals surface area contributed by atoms with Gasteiger partial charge in [0.2, 0.25) is 0 Å². The number of nitrogens with zero attached hydrogens (tertiary/aromatic N) is 2. The van der Waals surface area contributed by atoms with E-state index in [4.69, 9.17) is 10.00 Å². The van der Waals surface area contributed by atoms with Crippen LogP contribution in [0.15, 0.2) is 41.5 Å². The second-order valence-electron chi connectivity index (χ2n) is 5.44. The summed E-state index contributed by atoms with van der Waals surface area (Å²) in [6.07, 6.45) is 6.52. The molecule has 0 unspecified atom stereocenters. The molecule has 0 fully saturated rings. The van der Waals surface area contributed by atoms with E-state index < -0.39 is 0 Å². The summed E-state index contributed by atoms with van der Waals surface area (Å²) in [5.41, 5.74) is 3.55. The average molecular weight is 312 g/mol. The number of benzene rings is 1. The first kappa shape index (κ1) is 16.3. The Morgan fingerprint density at radius 3 is 2.86 bits per heavy atom. The quantitative estimate of drug-likeness (QED) is 0.685. The summed E-state index contributed by atoms with van der Waals surface area (Å²) in [5, 5.41) is 9.36. The van der Waals surface area contributed by atoms with Crippen molar-refractivity contribution in [2.75, 3.05) is 6.61 Å². The summed E-state index contributed by atoms with van der Waals surface area (Å²) in [4.78, 5) is 4.21. The minimum Gasteiger partial charge on any atom is -0.489 e. The van der Waals surface area contributed by atoms with Crippen molar-refractivity contribution in [3.63, 3.8) is 0 Å². The molecule has 2 rings (SSSR count). The van der Waals surface area contributed by atoms with Gasteiger partial charge in [-0.25, -0.2) is 4.98 Å². The Labute approximate surface area is 135 Å². The predicted molar refractivity (Wildman–Crippen MR) is 92.3 cm³/mol. The van der Waals surface area contributed by atoms with Crippen LogP contribution in [0.25, 0.3) is 10.2 Å². The van der Waals surface area contributed by atoms with Gasteiger partial charge in [0.1, 0.15) is 18.4 Å². The SMILES string of the molecule is CC(C)=CCC/C(C)=C/COc1ccc2nc(C#N)sc2c1. The van der Waals surface area contributed by atoms with E-state index >= 15 is 0 Å². The third-order valence-corrected chi connectivity index (χ3v) is 4.15. The van der Waals surface area contributed by atoms with E-state index in [1.54, 1.807) is 0 Å². The smallest absolute Gasteiger partial charge is 0.195 e. The highest BCUT2D eigenvalue weighted by Gasteiger charge is 2.04. The van der Waals surface area contributed by atoms with Gasteiger partial charge < -0.3 is 4.74 Å². The Balaban J connectivity index is 1.91. The summed E-state index contributed by atoms with van der Waals surface area (Å²) in [6.45, 7) is 6.94. The van der Waals surface area contributed by atoms with E-state index in [0.29, 0.717) is 11.6 Å². The number of hydrogen-bond acceptors (Lipinski definition) is 4. The van der Waals surface area contributed by atoms with Crippen LogP contribution in [-0.4, -0.2) is 11.6 Å². The van der Waals surface area contributed by atoms with Gasteiger partial charge in [0.25, 0.3) is 0 Å². The third-order valence-electron chi connectivity index (χ3n) is 3.23. The lowest BCUT2D eigenvalue weighted by Gasteiger charge is -2.04. The maximum Gasteiger partial charge on any atom is 0.195 e. The molecule has 1 aromatic carbocycles. The van der Waals surface area contributed by atoms with Crippen LogP contribution in [0.2, 0.25) is 0 Å². The molecule has 1 aromatic heterocycles. The van der Waals surface area contributed by atoms with Gasteiger partial charge in [0.05, 0.1) is 10.2 Å². The van der Waals surface area contributed by atoms with E-state index in [-0.39, 0.29) is 0 Å². The topological polar surface area (TPSA) is 45.9 Å². The lowest BCUT2D eigenvalue weighted by Crippen LogP contribution is -1.94. The summed E-state index contributed by atoms with van der Waals surface area (Å²) < 4.78 is 6.74. The number of rotatable bonds is 6. The maximum atomic E-state index is 8.87. The maximum absolute atomic E-state index is 8.87. The first-order valence-electron chi connectivity index (χ1n) is 7.31. The molecule has 22 heavy (non-hydrogen) atoms. The molecule has 3 nitrogen and oxygen atoms in total. The first-order valence-corrected chi connectivity index (χ1v) is 8.12. The molecule has 0 saturated heterocycles. The average Bonchev–Trinajstić information content (AvgIpc) is 2.89. The fourth-order valence-corrected chi connectivity index (χ4v) is 2.80. The van der Waals surface area contributed by atoms with Crippen molar-refractivity contribution in [3.8, 4) is 11.8 Å². The number of hydrogen-bond donors (Lipinski definition) is 0. The molecule has 4 heteroatoms. The van der Waals surface area contributed by atoms with Crippen molar-refractivity contribution in [3.05, 3.63) is 46.5 Å². The molecule has 1 heterocycles. The van der Waals surface area contributed by atoms with Gasteiger partial charge in [-0.1, -0.05) is 17.2 Å². The zero-order chi connectivity index (χ0) is 15.9. The fourth-order valence-electron chi connectivity index (χ4n) is 2.01. The second kappa shape index (κ2) is 7.77. The van der Waals surface area contributed by atoms with Crippen molar-refractivity contribution >= 4 is 21.6 Å². The number of nitriles is 1. The Bertz CT molecular complexity index is 746. The summed E-state index contributed by atoms with van der Waals surface area (Å²) in [5.74, 6) is 0.814. The highest BCUT2D eigenvalue weighted by Crippen LogP contribution is 2.26. The molecule has 0 aliphatic carbocycles. The van der Waals surface area contributed by atoms with E-state index in [2.05, 4.69) is 44.0 Å². The normalized spacial score (nSPS) is 11.3. The first-order chi connectivity index (χ1) is 10.6. The van der Waals surface area contributed by atoms with Crippen LogP contribution in [-0.2, 0) is 0 Å². The number of ether oxygens (including phenoxy) is 1. The molecule has 0 N–H and O–H groups in total. The van der Waals surface area contributed by atoms with Crippen LogP contribution in [0, 0.1) is 11.3 Å². The monoisotopic (exact) mass is 312 g/mol. The van der Waals surface area contributed by atoms with Crippen LogP contribution < -0.4 is 4.74 Å². The molecule has 0 bridgehead atoms. The van der Waals surface area contributed by atoms with Gasteiger partial charge in [-0.15, -0.1) is 11.3 Å². The Morgan fingerprint density at radius 1 is 1.32 bits per heavy atom. The third kappa shape index (κ3) is 4.71. The van der Waals surface area contributed by atoms with E-state index in [9.17, 15) is 0 Å². The number of fused-ring (bicyclic) bond motifs is 1. The molecule has 0 radical (unpaired) electrons. The number of allylic oxidation sites excluding steroid dienone is 3. The van der Waals surface area contributed by atoms with Gasteiger partial charge >= 0.3 is 0 Å². The zero-order valence-corrected chi connectivity index (χ0v) is 14.0. The number of aromatic nitrogens is 1. The minimum atomic E-state index is 0.488. The van der Waals surface area contributed by atoms with Gasteiger partial charge in [-0.2, -0.15) is 5.26 Å². The van der Waals surface area contributed by atoms with Crippen LogP contribution in [0.4, 0.5) is 0 Å². The van der Waals surface area contributed by atoms with Crippen LogP contribution >= 0.6 is 11.3 Å².